The van der Waals surface area contributed by atoms with E-state index in [9.17, 15) is 0 Å². The molecule has 2 aromatic rings. The van der Waals surface area contributed by atoms with Crippen LogP contribution in [0.15, 0.2) is 30.6 Å². The zero-order chi connectivity index (χ0) is 11.4. The number of nitrogens with one attached hydrogen (secondary N) is 2. The highest BCUT2D eigenvalue weighted by Crippen LogP contribution is 2.25. The van der Waals surface area contributed by atoms with Gasteiger partial charge in [-0.05, 0) is 12.1 Å². The van der Waals surface area contributed by atoms with Crippen molar-refractivity contribution < 1.29 is 4.74 Å². The van der Waals surface area contributed by atoms with Gasteiger partial charge in [0.25, 0.3) is 0 Å². The lowest BCUT2D eigenvalue weighted by molar-refractivity contribution is 0.417. The Kier molecular flexibility index (Phi) is 2.95. The van der Waals surface area contributed by atoms with Gasteiger partial charge in [-0.2, -0.15) is 5.10 Å². The number of ether oxygens (including phenoxy) is 1. The highest BCUT2D eigenvalue weighted by molar-refractivity contribution is 5.61. The fourth-order valence-corrected chi connectivity index (χ4v) is 1.40. The van der Waals surface area contributed by atoms with Crippen LogP contribution in [-0.2, 0) is 6.54 Å². The van der Waals surface area contributed by atoms with Crippen LogP contribution in [0.2, 0.25) is 0 Å². The Morgan fingerprint density at radius 2 is 2.38 bits per heavy atom. The van der Waals surface area contributed by atoms with Crippen LogP contribution in [-0.4, -0.2) is 17.3 Å². The standard InChI is InChI=1S/C11H14N4O/c1-16-11-4-9(2-3-10(11)12)13-5-8-6-14-15-7-8/h2-4,6-7,13H,5,12H2,1H3,(H,14,15). The third-order valence-corrected chi connectivity index (χ3v) is 2.28. The third-order valence-electron chi connectivity index (χ3n) is 2.28. The summed E-state index contributed by atoms with van der Waals surface area (Å²) in [4.78, 5) is 0. The molecule has 16 heavy (non-hydrogen) atoms. The maximum Gasteiger partial charge on any atom is 0.143 e. The molecule has 4 N–H and O–H groups in total. The molecule has 0 fully saturated rings. The Labute approximate surface area is 93.6 Å². The summed E-state index contributed by atoms with van der Waals surface area (Å²) in [6.07, 6.45) is 3.63. The van der Waals surface area contributed by atoms with E-state index < -0.39 is 0 Å². The molecule has 84 valence electrons. The van der Waals surface area contributed by atoms with Crippen LogP contribution in [0.4, 0.5) is 11.4 Å². The van der Waals surface area contributed by atoms with Gasteiger partial charge in [-0.15, -0.1) is 0 Å². The lowest BCUT2D eigenvalue weighted by Gasteiger charge is -2.08. The molecule has 0 radical (unpaired) electrons. The van der Waals surface area contributed by atoms with E-state index in [-0.39, 0.29) is 0 Å². The summed E-state index contributed by atoms with van der Waals surface area (Å²) in [6.45, 7) is 0.712. The molecule has 0 spiro atoms. The number of rotatable bonds is 4. The van der Waals surface area contributed by atoms with E-state index in [0.717, 1.165) is 11.3 Å². The molecule has 0 aliphatic rings. The van der Waals surface area contributed by atoms with Crippen molar-refractivity contribution in [1.82, 2.24) is 10.2 Å². The Morgan fingerprint density at radius 1 is 1.50 bits per heavy atom. The van der Waals surface area contributed by atoms with Crippen LogP contribution in [0, 0.1) is 0 Å². The normalized spacial score (nSPS) is 10.1. The number of nitrogen functional groups attached to an aromatic ring is 1. The smallest absolute Gasteiger partial charge is 0.143 e. The van der Waals surface area contributed by atoms with Gasteiger partial charge in [0.15, 0.2) is 0 Å². The Morgan fingerprint density at radius 3 is 3.06 bits per heavy atom. The van der Waals surface area contributed by atoms with Crippen LogP contribution in [0.1, 0.15) is 5.56 Å². The average molecular weight is 218 g/mol. The van der Waals surface area contributed by atoms with Gasteiger partial charge >= 0.3 is 0 Å². The van der Waals surface area contributed by atoms with Gasteiger partial charge in [0.1, 0.15) is 5.75 Å². The van der Waals surface area contributed by atoms with E-state index in [4.69, 9.17) is 10.5 Å². The van der Waals surface area contributed by atoms with Crippen molar-refractivity contribution in [3.63, 3.8) is 0 Å². The summed E-state index contributed by atoms with van der Waals surface area (Å²) in [5.41, 5.74) is 8.42. The number of nitrogens with two attached hydrogens (primary N) is 1. The zero-order valence-corrected chi connectivity index (χ0v) is 9.03. The fourth-order valence-electron chi connectivity index (χ4n) is 1.40. The van der Waals surface area contributed by atoms with Crippen molar-refractivity contribution >= 4 is 11.4 Å². The molecule has 0 aliphatic carbocycles. The van der Waals surface area contributed by atoms with Crippen LogP contribution < -0.4 is 15.8 Å². The summed E-state index contributed by atoms with van der Waals surface area (Å²) in [5.74, 6) is 0.678. The number of hydrogen-bond donors (Lipinski definition) is 3. The lowest BCUT2D eigenvalue weighted by atomic mass is 10.2. The number of nitrogens with zero attached hydrogens (tertiary/aromatic N) is 1. The molecular formula is C11H14N4O. The van der Waals surface area contributed by atoms with Crippen molar-refractivity contribution in [3.05, 3.63) is 36.2 Å². The summed E-state index contributed by atoms with van der Waals surface area (Å²) in [7, 11) is 1.60. The molecule has 5 heteroatoms. The van der Waals surface area contributed by atoms with E-state index in [1.807, 2.05) is 24.4 Å². The van der Waals surface area contributed by atoms with E-state index >= 15 is 0 Å². The molecule has 0 saturated carbocycles. The highest BCUT2D eigenvalue weighted by Gasteiger charge is 2.01. The predicted molar refractivity (Wildman–Crippen MR) is 63.3 cm³/mol. The number of anilines is 2. The maximum absolute atomic E-state index is 5.72. The van der Waals surface area contributed by atoms with Crippen molar-refractivity contribution in [2.45, 2.75) is 6.54 Å². The molecule has 1 heterocycles. The molecule has 0 amide bonds. The second kappa shape index (κ2) is 4.57. The first-order valence-electron chi connectivity index (χ1n) is 4.94. The van der Waals surface area contributed by atoms with E-state index in [2.05, 4.69) is 15.5 Å². The maximum atomic E-state index is 5.72. The third kappa shape index (κ3) is 2.25. The van der Waals surface area contributed by atoms with Gasteiger partial charge in [0, 0.05) is 30.1 Å². The summed E-state index contributed by atoms with van der Waals surface area (Å²) in [6, 6.07) is 5.60. The molecule has 1 aromatic heterocycles. The van der Waals surface area contributed by atoms with Crippen molar-refractivity contribution in [2.24, 2.45) is 0 Å². The van der Waals surface area contributed by atoms with Gasteiger partial charge in [0.05, 0.1) is 19.0 Å². The molecule has 0 atom stereocenters. The predicted octanol–water partition coefficient (Wildman–Crippen LogP) is 1.61. The van der Waals surface area contributed by atoms with E-state index in [1.165, 1.54) is 0 Å². The Hall–Kier alpha value is -2.17. The quantitative estimate of drug-likeness (QED) is 0.681. The van der Waals surface area contributed by atoms with Crippen LogP contribution in [0.3, 0.4) is 0 Å². The molecule has 2 rings (SSSR count). The number of H-pyrrole nitrogens is 1. The first-order chi connectivity index (χ1) is 7.79. The molecule has 0 bridgehead atoms. The Bertz CT molecular complexity index is 453. The molecule has 0 unspecified atom stereocenters. The number of aromatic nitrogens is 2. The number of aromatic amines is 1. The molecule has 1 aromatic carbocycles. The van der Waals surface area contributed by atoms with E-state index in [1.54, 1.807) is 13.3 Å². The summed E-state index contributed by atoms with van der Waals surface area (Å²) >= 11 is 0. The van der Waals surface area contributed by atoms with Crippen LogP contribution in [0.5, 0.6) is 5.75 Å². The number of benzene rings is 1. The minimum Gasteiger partial charge on any atom is -0.495 e. The minimum atomic E-state index is 0.636. The van der Waals surface area contributed by atoms with Gasteiger partial charge in [-0.3, -0.25) is 5.10 Å². The molecule has 0 aliphatic heterocycles. The van der Waals surface area contributed by atoms with Gasteiger partial charge in [-0.25, -0.2) is 0 Å². The van der Waals surface area contributed by atoms with Gasteiger partial charge < -0.3 is 15.8 Å². The molecular weight excluding hydrogens is 204 g/mol. The summed E-state index contributed by atoms with van der Waals surface area (Å²) in [5, 5.41) is 9.89. The van der Waals surface area contributed by atoms with Gasteiger partial charge in [0.2, 0.25) is 0 Å². The van der Waals surface area contributed by atoms with Gasteiger partial charge in [-0.1, -0.05) is 0 Å². The first-order valence-corrected chi connectivity index (χ1v) is 4.94. The topological polar surface area (TPSA) is 76.0 Å². The zero-order valence-electron chi connectivity index (χ0n) is 9.03. The number of hydrogen-bond acceptors (Lipinski definition) is 4. The van der Waals surface area contributed by atoms with Crippen molar-refractivity contribution in [1.29, 1.82) is 0 Å². The second-order valence-corrected chi connectivity index (χ2v) is 3.42. The Balaban J connectivity index is 2.04. The largest absolute Gasteiger partial charge is 0.495 e. The van der Waals surface area contributed by atoms with Crippen molar-refractivity contribution in [3.8, 4) is 5.75 Å². The molecule has 0 saturated heterocycles. The van der Waals surface area contributed by atoms with Crippen LogP contribution >= 0.6 is 0 Å². The number of methoxy groups -OCH3 is 1. The SMILES string of the molecule is COc1cc(NCc2cn[nH]c2)ccc1N. The first kappa shape index (κ1) is 10.4. The highest BCUT2D eigenvalue weighted by atomic mass is 16.5. The van der Waals surface area contributed by atoms with Crippen molar-refractivity contribution in [2.75, 3.05) is 18.2 Å². The average Bonchev–Trinajstić information content (AvgIpc) is 2.81. The summed E-state index contributed by atoms with van der Waals surface area (Å²) < 4.78 is 5.14. The van der Waals surface area contributed by atoms with Crippen LogP contribution in [0.25, 0.3) is 0 Å². The molecule has 5 nitrogen and oxygen atoms in total. The monoisotopic (exact) mass is 218 g/mol. The fraction of sp³-hybridized carbons (Fsp3) is 0.182. The lowest BCUT2D eigenvalue weighted by Crippen LogP contribution is -1.99. The van der Waals surface area contributed by atoms with E-state index in [0.29, 0.717) is 18.0 Å². The minimum absolute atomic E-state index is 0.636. The second-order valence-electron chi connectivity index (χ2n) is 3.42.